The van der Waals surface area contributed by atoms with Gasteiger partial charge in [0.05, 0.1) is 25.5 Å². The van der Waals surface area contributed by atoms with E-state index in [0.717, 1.165) is 45.9 Å². The lowest BCUT2D eigenvalue weighted by atomic mass is 10.1. The second-order valence-electron chi connectivity index (χ2n) is 7.30. The number of benzene rings is 1. The zero-order valence-electron chi connectivity index (χ0n) is 16.9. The first-order valence-corrected chi connectivity index (χ1v) is 10.8. The molecule has 8 nitrogen and oxygen atoms in total. The maximum absolute atomic E-state index is 5.63. The Labute approximate surface area is 182 Å². The van der Waals surface area contributed by atoms with E-state index in [1.807, 2.05) is 35.2 Å². The van der Waals surface area contributed by atoms with Crippen LogP contribution >= 0.6 is 15.9 Å². The summed E-state index contributed by atoms with van der Waals surface area (Å²) in [7, 11) is 0. The van der Waals surface area contributed by atoms with Crippen molar-refractivity contribution in [3.05, 3.63) is 47.5 Å². The minimum atomic E-state index is 0.202. The van der Waals surface area contributed by atoms with Gasteiger partial charge >= 0.3 is 0 Å². The average molecular weight is 468 g/mol. The van der Waals surface area contributed by atoms with E-state index in [0.29, 0.717) is 19.2 Å². The molecule has 0 bridgehead atoms. The molecule has 9 heteroatoms. The number of aromatic nitrogens is 6. The van der Waals surface area contributed by atoms with Gasteiger partial charge in [0, 0.05) is 24.8 Å². The third kappa shape index (κ3) is 3.27. The number of anilines is 1. The maximum Gasteiger partial charge on any atom is 0.254 e. The Morgan fingerprint density at radius 3 is 2.73 bits per heavy atom. The number of aryl methyl sites for hydroxylation is 1. The number of ether oxygens (including phenoxy) is 1. The van der Waals surface area contributed by atoms with E-state index in [1.54, 1.807) is 4.68 Å². The Morgan fingerprint density at radius 2 is 1.97 bits per heavy atom. The molecule has 3 aromatic heterocycles. The molecule has 1 atom stereocenters. The second-order valence-corrected chi connectivity index (χ2v) is 8.01. The summed E-state index contributed by atoms with van der Waals surface area (Å²) in [4.78, 5) is 16.7. The SMILES string of the molecule is CCn1c(Br)nc2c(N3CCOC[C@@H]3C)nc(-n3cc(-c4ccccc4)cn3)nc21. The summed E-state index contributed by atoms with van der Waals surface area (Å²) < 4.78 is 10.1. The largest absolute Gasteiger partial charge is 0.377 e. The van der Waals surface area contributed by atoms with Crippen LogP contribution in [0.2, 0.25) is 0 Å². The molecule has 0 N–H and O–H groups in total. The summed E-state index contributed by atoms with van der Waals surface area (Å²) in [6.07, 6.45) is 3.80. The summed E-state index contributed by atoms with van der Waals surface area (Å²) in [5.74, 6) is 1.34. The summed E-state index contributed by atoms with van der Waals surface area (Å²) >= 11 is 3.58. The lowest BCUT2D eigenvalue weighted by Crippen LogP contribution is -2.44. The van der Waals surface area contributed by atoms with Gasteiger partial charge in [-0.2, -0.15) is 15.1 Å². The molecule has 0 radical (unpaired) electrons. The molecule has 0 unspecified atom stereocenters. The zero-order valence-corrected chi connectivity index (χ0v) is 18.4. The van der Waals surface area contributed by atoms with Crippen molar-refractivity contribution in [2.45, 2.75) is 26.4 Å². The Hall–Kier alpha value is -2.78. The molecule has 0 spiro atoms. The molecule has 30 heavy (non-hydrogen) atoms. The fourth-order valence-electron chi connectivity index (χ4n) is 3.79. The van der Waals surface area contributed by atoms with Gasteiger partial charge in [-0.25, -0.2) is 9.67 Å². The molecule has 154 valence electrons. The minimum Gasteiger partial charge on any atom is -0.377 e. The van der Waals surface area contributed by atoms with Gasteiger partial charge in [-0.15, -0.1) is 0 Å². The standard InChI is InChI=1S/C21H22BrN7O/c1-3-27-18-17(24-20(27)22)19(28-9-10-30-13-14(28)2)26-21(25-18)29-12-16(11-23-29)15-7-5-4-6-8-15/h4-8,11-12,14H,3,9-10,13H2,1-2H3/t14-/m0/s1. The summed E-state index contributed by atoms with van der Waals surface area (Å²) in [6.45, 7) is 7.06. The van der Waals surface area contributed by atoms with E-state index < -0.39 is 0 Å². The van der Waals surface area contributed by atoms with Crippen LogP contribution in [0.3, 0.4) is 0 Å². The zero-order chi connectivity index (χ0) is 20.7. The van der Waals surface area contributed by atoms with Gasteiger partial charge in [-0.1, -0.05) is 30.3 Å². The number of rotatable bonds is 4. The van der Waals surface area contributed by atoms with Crippen molar-refractivity contribution in [1.29, 1.82) is 0 Å². The van der Waals surface area contributed by atoms with Gasteiger partial charge in [0.25, 0.3) is 5.95 Å². The summed E-state index contributed by atoms with van der Waals surface area (Å²) in [5.41, 5.74) is 3.70. The monoisotopic (exact) mass is 467 g/mol. The Kier molecular flexibility index (Phi) is 5.00. The topological polar surface area (TPSA) is 73.9 Å². The molecule has 1 saturated heterocycles. The molecule has 5 rings (SSSR count). The molecule has 0 aliphatic carbocycles. The fraction of sp³-hybridized carbons (Fsp3) is 0.333. The van der Waals surface area contributed by atoms with Crippen LogP contribution in [-0.2, 0) is 11.3 Å². The molecular formula is C21H22BrN7O. The summed E-state index contributed by atoms with van der Waals surface area (Å²) in [6, 6.07) is 10.4. The lowest BCUT2D eigenvalue weighted by molar-refractivity contribution is 0.0986. The highest BCUT2D eigenvalue weighted by atomic mass is 79.9. The molecule has 0 amide bonds. The van der Waals surface area contributed by atoms with Gasteiger partial charge in [0.1, 0.15) is 0 Å². The normalized spacial score (nSPS) is 17.0. The first kappa shape index (κ1) is 19.2. The number of nitrogens with zero attached hydrogens (tertiary/aromatic N) is 7. The van der Waals surface area contributed by atoms with Crippen molar-refractivity contribution in [2.75, 3.05) is 24.7 Å². The first-order valence-electron chi connectivity index (χ1n) is 10.0. The number of halogens is 1. The van der Waals surface area contributed by atoms with Crippen LogP contribution in [0.4, 0.5) is 5.82 Å². The first-order chi connectivity index (χ1) is 14.7. The van der Waals surface area contributed by atoms with E-state index in [9.17, 15) is 0 Å². The Balaban J connectivity index is 1.66. The number of hydrogen-bond donors (Lipinski definition) is 0. The molecule has 4 aromatic rings. The lowest BCUT2D eigenvalue weighted by Gasteiger charge is -2.34. The van der Waals surface area contributed by atoms with Crippen LogP contribution in [-0.4, -0.2) is 55.1 Å². The maximum atomic E-state index is 5.63. The second kappa shape index (κ2) is 7.81. The molecular weight excluding hydrogens is 446 g/mol. The molecule has 1 aromatic carbocycles. The van der Waals surface area contributed by atoms with Crippen molar-refractivity contribution in [2.24, 2.45) is 0 Å². The van der Waals surface area contributed by atoms with Crippen LogP contribution in [0.5, 0.6) is 0 Å². The highest BCUT2D eigenvalue weighted by Gasteiger charge is 2.26. The van der Waals surface area contributed by atoms with Crippen LogP contribution in [0.15, 0.2) is 47.5 Å². The van der Waals surface area contributed by atoms with Gasteiger partial charge in [0.15, 0.2) is 21.7 Å². The number of hydrogen-bond acceptors (Lipinski definition) is 6. The van der Waals surface area contributed by atoms with Crippen LogP contribution < -0.4 is 4.90 Å². The Morgan fingerprint density at radius 1 is 1.13 bits per heavy atom. The quantitative estimate of drug-likeness (QED) is 0.426. The van der Waals surface area contributed by atoms with Gasteiger partial charge < -0.3 is 14.2 Å². The molecule has 1 aliphatic rings. The predicted molar refractivity (Wildman–Crippen MR) is 119 cm³/mol. The fourth-order valence-corrected chi connectivity index (χ4v) is 4.38. The summed E-state index contributed by atoms with van der Waals surface area (Å²) in [5, 5.41) is 4.54. The third-order valence-electron chi connectivity index (χ3n) is 5.37. The average Bonchev–Trinajstić information content (AvgIpc) is 3.38. The van der Waals surface area contributed by atoms with Crippen LogP contribution in [0, 0.1) is 0 Å². The van der Waals surface area contributed by atoms with E-state index in [4.69, 9.17) is 19.7 Å². The van der Waals surface area contributed by atoms with Gasteiger partial charge in [0.2, 0.25) is 0 Å². The third-order valence-corrected chi connectivity index (χ3v) is 5.97. The van der Waals surface area contributed by atoms with Crippen LogP contribution in [0.25, 0.3) is 28.2 Å². The van der Waals surface area contributed by atoms with Crippen molar-refractivity contribution in [1.82, 2.24) is 29.3 Å². The number of imidazole rings is 1. The highest BCUT2D eigenvalue weighted by molar-refractivity contribution is 9.10. The van der Waals surface area contributed by atoms with Gasteiger partial charge in [-0.05, 0) is 35.3 Å². The van der Waals surface area contributed by atoms with E-state index in [-0.39, 0.29) is 6.04 Å². The molecule has 0 saturated carbocycles. The van der Waals surface area contributed by atoms with E-state index in [1.165, 1.54) is 0 Å². The van der Waals surface area contributed by atoms with Gasteiger partial charge in [-0.3, -0.25) is 0 Å². The number of morpholine rings is 1. The van der Waals surface area contributed by atoms with E-state index >= 15 is 0 Å². The Bertz CT molecular complexity index is 1190. The molecule has 1 fully saturated rings. The minimum absolute atomic E-state index is 0.202. The molecule has 4 heterocycles. The smallest absolute Gasteiger partial charge is 0.254 e. The van der Waals surface area contributed by atoms with E-state index in [2.05, 4.69) is 51.9 Å². The molecule has 1 aliphatic heterocycles. The highest BCUT2D eigenvalue weighted by Crippen LogP contribution is 2.30. The van der Waals surface area contributed by atoms with Crippen LogP contribution in [0.1, 0.15) is 13.8 Å². The number of fused-ring (bicyclic) bond motifs is 1. The van der Waals surface area contributed by atoms with Crippen molar-refractivity contribution < 1.29 is 4.74 Å². The van der Waals surface area contributed by atoms with Crippen molar-refractivity contribution in [3.8, 4) is 17.1 Å². The van der Waals surface area contributed by atoms with Crippen molar-refractivity contribution in [3.63, 3.8) is 0 Å². The van der Waals surface area contributed by atoms with Crippen molar-refractivity contribution >= 4 is 32.9 Å². The predicted octanol–water partition coefficient (Wildman–Crippen LogP) is 3.69.